The standard InChI is InChI=1S/C21H23NO8/c1-12(20(23)22-10-13-5-6-15-16(7-13)29-11-28-15)30-21(24)14-8-17(25-2)19(27-4)18(9-14)26-3/h5-9,12H,10-11H2,1-4H3,(H,22,23)/t12-/m0/s1. The van der Waals surface area contributed by atoms with E-state index in [-0.39, 0.29) is 18.9 Å². The average Bonchev–Trinajstić information content (AvgIpc) is 3.23. The van der Waals surface area contributed by atoms with Crippen LogP contribution in [0, 0.1) is 0 Å². The van der Waals surface area contributed by atoms with Gasteiger partial charge in [0.15, 0.2) is 29.1 Å². The molecular weight excluding hydrogens is 394 g/mol. The molecule has 2 aromatic carbocycles. The summed E-state index contributed by atoms with van der Waals surface area (Å²) in [6.45, 7) is 1.92. The highest BCUT2D eigenvalue weighted by atomic mass is 16.7. The Labute approximate surface area is 173 Å². The minimum absolute atomic E-state index is 0.167. The monoisotopic (exact) mass is 417 g/mol. The number of carbonyl (C=O) groups is 2. The molecule has 1 N–H and O–H groups in total. The minimum atomic E-state index is -1.01. The second-order valence-electron chi connectivity index (χ2n) is 6.37. The first-order valence-corrected chi connectivity index (χ1v) is 9.14. The summed E-state index contributed by atoms with van der Waals surface area (Å²) < 4.78 is 31.6. The van der Waals surface area contributed by atoms with Gasteiger partial charge >= 0.3 is 5.97 Å². The Balaban J connectivity index is 1.61. The van der Waals surface area contributed by atoms with Crippen molar-refractivity contribution >= 4 is 11.9 Å². The molecule has 0 saturated heterocycles. The first-order chi connectivity index (χ1) is 14.5. The average molecular weight is 417 g/mol. The molecule has 2 aromatic rings. The minimum Gasteiger partial charge on any atom is -0.493 e. The van der Waals surface area contributed by atoms with Gasteiger partial charge in [0.25, 0.3) is 5.91 Å². The Bertz CT molecular complexity index is 918. The summed E-state index contributed by atoms with van der Waals surface area (Å²) >= 11 is 0. The van der Waals surface area contributed by atoms with Crippen LogP contribution in [0.25, 0.3) is 0 Å². The Morgan fingerprint density at radius 1 is 1.00 bits per heavy atom. The quantitative estimate of drug-likeness (QED) is 0.653. The van der Waals surface area contributed by atoms with Crippen LogP contribution in [0.2, 0.25) is 0 Å². The molecule has 0 unspecified atom stereocenters. The maximum absolute atomic E-state index is 12.5. The van der Waals surface area contributed by atoms with Crippen molar-refractivity contribution in [2.75, 3.05) is 28.1 Å². The zero-order valence-electron chi connectivity index (χ0n) is 17.1. The summed E-state index contributed by atoms with van der Waals surface area (Å²) in [4.78, 5) is 24.9. The van der Waals surface area contributed by atoms with Crippen LogP contribution in [0.4, 0.5) is 0 Å². The van der Waals surface area contributed by atoms with Crippen LogP contribution < -0.4 is 29.0 Å². The zero-order chi connectivity index (χ0) is 21.7. The number of hydrogen-bond acceptors (Lipinski definition) is 8. The molecule has 9 nitrogen and oxygen atoms in total. The van der Waals surface area contributed by atoms with Crippen molar-refractivity contribution in [3.05, 3.63) is 41.5 Å². The molecule has 0 aromatic heterocycles. The van der Waals surface area contributed by atoms with Gasteiger partial charge in [0.2, 0.25) is 12.5 Å². The van der Waals surface area contributed by atoms with E-state index in [4.69, 9.17) is 28.4 Å². The van der Waals surface area contributed by atoms with Crippen LogP contribution in [0.1, 0.15) is 22.8 Å². The van der Waals surface area contributed by atoms with Crippen molar-refractivity contribution in [3.8, 4) is 28.7 Å². The van der Waals surface area contributed by atoms with E-state index < -0.39 is 18.0 Å². The molecule has 0 aliphatic carbocycles. The molecule has 1 aliphatic rings. The highest BCUT2D eigenvalue weighted by Gasteiger charge is 2.22. The molecule has 1 amide bonds. The number of methoxy groups -OCH3 is 3. The number of carbonyl (C=O) groups excluding carboxylic acids is 2. The van der Waals surface area contributed by atoms with Gasteiger partial charge in [0, 0.05) is 6.54 Å². The third kappa shape index (κ3) is 4.51. The fourth-order valence-electron chi connectivity index (χ4n) is 2.86. The number of nitrogens with one attached hydrogen (secondary N) is 1. The molecule has 0 bridgehead atoms. The first kappa shape index (κ1) is 21.1. The number of benzene rings is 2. The van der Waals surface area contributed by atoms with Crippen molar-refractivity contribution in [2.24, 2.45) is 0 Å². The van der Waals surface area contributed by atoms with Crippen molar-refractivity contribution < 1.29 is 38.0 Å². The molecule has 160 valence electrons. The van der Waals surface area contributed by atoms with Crippen LogP contribution in [-0.2, 0) is 16.1 Å². The molecule has 9 heteroatoms. The number of fused-ring (bicyclic) bond motifs is 1. The van der Waals surface area contributed by atoms with E-state index in [0.29, 0.717) is 28.7 Å². The Hall–Kier alpha value is -3.62. The molecule has 0 spiro atoms. The first-order valence-electron chi connectivity index (χ1n) is 9.14. The van der Waals surface area contributed by atoms with Crippen molar-refractivity contribution in [2.45, 2.75) is 19.6 Å². The summed E-state index contributed by atoms with van der Waals surface area (Å²) in [6.07, 6.45) is -1.01. The Morgan fingerprint density at radius 3 is 2.30 bits per heavy atom. The molecule has 1 atom stereocenters. The van der Waals surface area contributed by atoms with Gasteiger partial charge in [-0.15, -0.1) is 0 Å². The molecule has 1 heterocycles. The number of esters is 1. The van der Waals surface area contributed by atoms with Crippen LogP contribution in [0.3, 0.4) is 0 Å². The van der Waals surface area contributed by atoms with Gasteiger partial charge in [-0.05, 0) is 36.8 Å². The van der Waals surface area contributed by atoms with E-state index in [9.17, 15) is 9.59 Å². The lowest BCUT2D eigenvalue weighted by Gasteiger charge is -2.16. The second kappa shape index (κ2) is 9.25. The zero-order valence-corrected chi connectivity index (χ0v) is 17.1. The topological polar surface area (TPSA) is 102 Å². The lowest BCUT2D eigenvalue weighted by molar-refractivity contribution is -0.129. The van der Waals surface area contributed by atoms with E-state index in [2.05, 4.69) is 5.32 Å². The third-order valence-corrected chi connectivity index (χ3v) is 4.46. The van der Waals surface area contributed by atoms with E-state index in [0.717, 1.165) is 5.56 Å². The normalized spacial score (nSPS) is 12.7. The van der Waals surface area contributed by atoms with Gasteiger partial charge in [0.05, 0.1) is 26.9 Å². The summed E-state index contributed by atoms with van der Waals surface area (Å²) in [7, 11) is 4.35. The molecule has 30 heavy (non-hydrogen) atoms. The predicted molar refractivity (Wildman–Crippen MR) is 105 cm³/mol. The maximum atomic E-state index is 12.5. The fraction of sp³-hybridized carbons (Fsp3) is 0.333. The van der Waals surface area contributed by atoms with Gasteiger partial charge in [-0.25, -0.2) is 4.79 Å². The van der Waals surface area contributed by atoms with Gasteiger partial charge in [-0.2, -0.15) is 0 Å². The maximum Gasteiger partial charge on any atom is 0.339 e. The van der Waals surface area contributed by atoms with Gasteiger partial charge in [-0.3, -0.25) is 4.79 Å². The van der Waals surface area contributed by atoms with E-state index in [1.54, 1.807) is 12.1 Å². The van der Waals surface area contributed by atoms with Crippen LogP contribution in [0.15, 0.2) is 30.3 Å². The lowest BCUT2D eigenvalue weighted by atomic mass is 10.1. The molecule has 1 aliphatic heterocycles. The molecule has 0 saturated carbocycles. The molecule has 3 rings (SSSR count). The summed E-state index contributed by atoms with van der Waals surface area (Å²) in [6, 6.07) is 8.30. The number of hydrogen-bond donors (Lipinski definition) is 1. The van der Waals surface area contributed by atoms with E-state index in [1.807, 2.05) is 6.07 Å². The summed E-state index contributed by atoms with van der Waals surface area (Å²) in [5.74, 6) is 1.13. The lowest BCUT2D eigenvalue weighted by Crippen LogP contribution is -2.35. The van der Waals surface area contributed by atoms with Crippen molar-refractivity contribution in [1.82, 2.24) is 5.32 Å². The largest absolute Gasteiger partial charge is 0.493 e. The van der Waals surface area contributed by atoms with E-state index >= 15 is 0 Å². The third-order valence-electron chi connectivity index (χ3n) is 4.46. The Kier molecular flexibility index (Phi) is 6.51. The number of amides is 1. The highest BCUT2D eigenvalue weighted by molar-refractivity contribution is 5.93. The molecule has 0 fully saturated rings. The van der Waals surface area contributed by atoms with Gasteiger partial charge in [-0.1, -0.05) is 6.07 Å². The number of ether oxygens (including phenoxy) is 6. The van der Waals surface area contributed by atoms with Gasteiger partial charge in [0.1, 0.15) is 0 Å². The van der Waals surface area contributed by atoms with Gasteiger partial charge < -0.3 is 33.7 Å². The Morgan fingerprint density at radius 2 is 1.67 bits per heavy atom. The predicted octanol–water partition coefficient (Wildman–Crippen LogP) is 2.30. The number of rotatable bonds is 8. The summed E-state index contributed by atoms with van der Waals surface area (Å²) in [5, 5.41) is 2.73. The SMILES string of the molecule is COc1cc(C(=O)O[C@@H](C)C(=O)NCc2ccc3c(c2)OCO3)cc(OC)c1OC. The smallest absolute Gasteiger partial charge is 0.339 e. The summed E-state index contributed by atoms with van der Waals surface area (Å²) in [5.41, 5.74) is 0.996. The van der Waals surface area contributed by atoms with Crippen LogP contribution in [0.5, 0.6) is 28.7 Å². The molecule has 0 radical (unpaired) electrons. The second-order valence-corrected chi connectivity index (χ2v) is 6.37. The van der Waals surface area contributed by atoms with Crippen LogP contribution in [-0.4, -0.2) is 46.1 Å². The van der Waals surface area contributed by atoms with Crippen molar-refractivity contribution in [3.63, 3.8) is 0 Å². The van der Waals surface area contributed by atoms with Crippen LogP contribution >= 0.6 is 0 Å². The van der Waals surface area contributed by atoms with Crippen molar-refractivity contribution in [1.29, 1.82) is 0 Å². The fourth-order valence-corrected chi connectivity index (χ4v) is 2.86. The molecular formula is C21H23NO8. The highest BCUT2D eigenvalue weighted by Crippen LogP contribution is 2.38. The van der Waals surface area contributed by atoms with E-state index in [1.165, 1.54) is 40.4 Å².